The number of aromatic nitrogens is 2. The van der Waals surface area contributed by atoms with E-state index in [9.17, 15) is 4.79 Å². The minimum absolute atomic E-state index is 0.0388. The third-order valence-corrected chi connectivity index (χ3v) is 3.01. The van der Waals surface area contributed by atoms with Crippen LogP contribution < -0.4 is 11.5 Å². The Labute approximate surface area is 120 Å². The number of rotatable bonds is 3. The van der Waals surface area contributed by atoms with Gasteiger partial charge in [-0.25, -0.2) is 14.8 Å². The summed E-state index contributed by atoms with van der Waals surface area (Å²) < 4.78 is 4.56. The van der Waals surface area contributed by atoms with Crippen LogP contribution >= 0.6 is 11.6 Å². The van der Waals surface area contributed by atoms with E-state index in [4.69, 9.17) is 23.1 Å². The summed E-state index contributed by atoms with van der Waals surface area (Å²) >= 11 is 6.09. The number of carbonyl (C=O) groups excluding carboxylic acids is 1. The lowest BCUT2D eigenvalue weighted by molar-refractivity contribution is 0.0595. The van der Waals surface area contributed by atoms with Crippen LogP contribution in [-0.2, 0) is 11.3 Å². The molecule has 0 bridgehead atoms. The molecule has 1 aromatic carbocycles. The quantitative estimate of drug-likeness (QED) is 0.833. The molecule has 0 saturated heterocycles. The molecule has 4 N–H and O–H groups in total. The van der Waals surface area contributed by atoms with Crippen LogP contribution in [0.5, 0.6) is 0 Å². The van der Waals surface area contributed by atoms with Gasteiger partial charge in [0.05, 0.1) is 7.11 Å². The summed E-state index contributed by atoms with van der Waals surface area (Å²) in [5.74, 6) is -0.723. The molecule has 0 unspecified atom stereocenters. The van der Waals surface area contributed by atoms with Crippen LogP contribution in [-0.4, -0.2) is 23.0 Å². The van der Waals surface area contributed by atoms with Gasteiger partial charge in [0.15, 0.2) is 16.7 Å². The molecule has 0 aliphatic heterocycles. The highest BCUT2D eigenvalue weighted by Crippen LogP contribution is 2.29. The van der Waals surface area contributed by atoms with E-state index in [1.165, 1.54) is 7.11 Å². The summed E-state index contributed by atoms with van der Waals surface area (Å²) in [7, 11) is 1.23. The molecule has 20 heavy (non-hydrogen) atoms. The minimum atomic E-state index is -0.685. The molecule has 2 rings (SSSR count). The second-order valence-corrected chi connectivity index (χ2v) is 4.31. The number of anilines is 1. The zero-order valence-corrected chi connectivity index (χ0v) is 11.5. The van der Waals surface area contributed by atoms with Crippen LogP contribution in [0.3, 0.4) is 0 Å². The lowest BCUT2D eigenvalue weighted by Crippen LogP contribution is -2.11. The average Bonchev–Trinajstić information content (AvgIpc) is 2.48. The van der Waals surface area contributed by atoms with Crippen LogP contribution in [0.1, 0.15) is 16.1 Å². The Hall–Kier alpha value is -2.18. The molecule has 0 fully saturated rings. The van der Waals surface area contributed by atoms with E-state index in [1.807, 2.05) is 24.3 Å². The topological polar surface area (TPSA) is 104 Å². The predicted octanol–water partition coefficient (Wildman–Crippen LogP) is 1.62. The van der Waals surface area contributed by atoms with Crippen LogP contribution in [0.15, 0.2) is 24.3 Å². The van der Waals surface area contributed by atoms with Gasteiger partial charge in [0.2, 0.25) is 0 Å². The van der Waals surface area contributed by atoms with E-state index in [-0.39, 0.29) is 16.7 Å². The zero-order chi connectivity index (χ0) is 14.7. The molecule has 0 aliphatic carbocycles. The summed E-state index contributed by atoms with van der Waals surface area (Å²) in [6.07, 6.45) is 0. The first-order valence-corrected chi connectivity index (χ1v) is 6.16. The highest BCUT2D eigenvalue weighted by atomic mass is 35.5. The lowest BCUT2D eigenvalue weighted by atomic mass is 10.0. The number of benzene rings is 1. The van der Waals surface area contributed by atoms with E-state index in [2.05, 4.69) is 14.7 Å². The standard InChI is InChI=1S/C13H13ClN4O2/c1-20-13(19)10-12(16)18-9(11(14)17-10)8-5-3-2-4-7(8)6-15/h2-5H,6,15H2,1H3,(H2,16,18). The molecular weight excluding hydrogens is 280 g/mol. The van der Waals surface area contributed by atoms with E-state index in [0.717, 1.165) is 11.1 Å². The van der Waals surface area contributed by atoms with Gasteiger partial charge >= 0.3 is 5.97 Å². The number of esters is 1. The van der Waals surface area contributed by atoms with Crippen LogP contribution in [0.25, 0.3) is 11.3 Å². The normalized spacial score (nSPS) is 10.3. The Morgan fingerprint density at radius 1 is 1.35 bits per heavy atom. The number of methoxy groups -OCH3 is 1. The third kappa shape index (κ3) is 2.56. The van der Waals surface area contributed by atoms with Crippen LogP contribution in [0.2, 0.25) is 5.15 Å². The largest absolute Gasteiger partial charge is 0.464 e. The van der Waals surface area contributed by atoms with Crippen molar-refractivity contribution >= 4 is 23.4 Å². The fraction of sp³-hybridized carbons (Fsp3) is 0.154. The van der Waals surface area contributed by atoms with Gasteiger partial charge in [0.1, 0.15) is 5.69 Å². The number of nitrogens with two attached hydrogens (primary N) is 2. The maximum absolute atomic E-state index is 11.5. The maximum Gasteiger partial charge on any atom is 0.360 e. The first-order valence-electron chi connectivity index (χ1n) is 5.78. The number of nitrogens with zero attached hydrogens (tertiary/aromatic N) is 2. The van der Waals surface area contributed by atoms with Crippen molar-refractivity contribution in [2.45, 2.75) is 6.54 Å². The molecule has 104 valence electrons. The van der Waals surface area contributed by atoms with Gasteiger partial charge in [-0.05, 0) is 5.56 Å². The molecule has 0 saturated carbocycles. The van der Waals surface area contributed by atoms with Crippen LogP contribution in [0, 0.1) is 0 Å². The Bertz CT molecular complexity index is 661. The van der Waals surface area contributed by atoms with Gasteiger partial charge < -0.3 is 16.2 Å². The zero-order valence-electron chi connectivity index (χ0n) is 10.8. The van der Waals surface area contributed by atoms with Crippen molar-refractivity contribution in [2.24, 2.45) is 5.73 Å². The first-order chi connectivity index (χ1) is 9.58. The minimum Gasteiger partial charge on any atom is -0.464 e. The summed E-state index contributed by atoms with van der Waals surface area (Å²) in [6, 6.07) is 7.36. The average molecular weight is 293 g/mol. The Morgan fingerprint density at radius 2 is 2.05 bits per heavy atom. The van der Waals surface area contributed by atoms with E-state index in [1.54, 1.807) is 0 Å². The van der Waals surface area contributed by atoms with Crippen molar-refractivity contribution in [3.8, 4) is 11.3 Å². The molecule has 0 radical (unpaired) electrons. The Balaban J connectivity index is 2.59. The van der Waals surface area contributed by atoms with E-state index < -0.39 is 5.97 Å². The molecule has 1 aromatic heterocycles. The van der Waals surface area contributed by atoms with Gasteiger partial charge in [-0.3, -0.25) is 0 Å². The molecular formula is C13H13ClN4O2. The highest BCUT2D eigenvalue weighted by molar-refractivity contribution is 6.32. The second-order valence-electron chi connectivity index (χ2n) is 3.95. The molecule has 0 aliphatic rings. The van der Waals surface area contributed by atoms with E-state index in [0.29, 0.717) is 12.2 Å². The van der Waals surface area contributed by atoms with E-state index >= 15 is 0 Å². The van der Waals surface area contributed by atoms with Crippen molar-refractivity contribution in [2.75, 3.05) is 12.8 Å². The Kier molecular flexibility index (Phi) is 4.16. The van der Waals surface area contributed by atoms with Gasteiger partial charge in [0, 0.05) is 12.1 Å². The molecule has 7 heteroatoms. The number of halogens is 1. The molecule has 1 heterocycles. The SMILES string of the molecule is COC(=O)c1nc(Cl)c(-c2ccccc2CN)nc1N. The van der Waals surface area contributed by atoms with Gasteiger partial charge in [0.25, 0.3) is 0 Å². The number of hydrogen-bond acceptors (Lipinski definition) is 6. The molecule has 6 nitrogen and oxygen atoms in total. The Morgan fingerprint density at radius 3 is 2.70 bits per heavy atom. The fourth-order valence-corrected chi connectivity index (χ4v) is 2.00. The summed E-state index contributed by atoms with van der Waals surface area (Å²) in [6.45, 7) is 0.326. The maximum atomic E-state index is 11.5. The third-order valence-electron chi connectivity index (χ3n) is 2.75. The molecule has 0 amide bonds. The van der Waals surface area contributed by atoms with Crippen molar-refractivity contribution in [1.29, 1.82) is 0 Å². The second kappa shape index (κ2) is 5.85. The molecule has 0 atom stereocenters. The van der Waals surface area contributed by atoms with Crippen LogP contribution in [0.4, 0.5) is 5.82 Å². The predicted molar refractivity (Wildman–Crippen MR) is 76.1 cm³/mol. The number of ether oxygens (including phenoxy) is 1. The van der Waals surface area contributed by atoms with Crippen molar-refractivity contribution in [3.63, 3.8) is 0 Å². The lowest BCUT2D eigenvalue weighted by Gasteiger charge is -2.10. The number of carbonyl (C=O) groups is 1. The number of hydrogen-bond donors (Lipinski definition) is 2. The molecule has 2 aromatic rings. The van der Waals surface area contributed by atoms with Crippen molar-refractivity contribution in [3.05, 3.63) is 40.7 Å². The highest BCUT2D eigenvalue weighted by Gasteiger charge is 2.19. The van der Waals surface area contributed by atoms with Gasteiger partial charge in [-0.2, -0.15) is 0 Å². The van der Waals surface area contributed by atoms with Gasteiger partial charge in [-0.15, -0.1) is 0 Å². The number of nitrogen functional groups attached to an aromatic ring is 1. The van der Waals surface area contributed by atoms with Crippen molar-refractivity contribution in [1.82, 2.24) is 9.97 Å². The first kappa shape index (κ1) is 14.2. The van der Waals surface area contributed by atoms with Crippen molar-refractivity contribution < 1.29 is 9.53 Å². The fourth-order valence-electron chi connectivity index (χ4n) is 1.78. The summed E-state index contributed by atoms with van der Waals surface area (Å²) in [5, 5.41) is 0.0699. The van der Waals surface area contributed by atoms with Gasteiger partial charge in [-0.1, -0.05) is 35.9 Å². The molecule has 0 spiro atoms. The summed E-state index contributed by atoms with van der Waals surface area (Å²) in [4.78, 5) is 19.6. The summed E-state index contributed by atoms with van der Waals surface area (Å²) in [5.41, 5.74) is 13.3. The smallest absolute Gasteiger partial charge is 0.360 e. The monoisotopic (exact) mass is 292 g/mol.